The molecule has 1 heterocycles. The Hall–Kier alpha value is -2.57. The predicted molar refractivity (Wildman–Crippen MR) is 109 cm³/mol. The second-order valence-electron chi connectivity index (χ2n) is 6.20. The molecule has 0 spiro atoms. The molecular weight excluding hydrogens is 362 g/mol. The lowest BCUT2D eigenvalue weighted by Gasteiger charge is -2.16. The van der Waals surface area contributed by atoms with Crippen molar-refractivity contribution in [3.8, 4) is 11.1 Å². The van der Waals surface area contributed by atoms with Crippen molar-refractivity contribution in [3.05, 3.63) is 70.6 Å². The van der Waals surface area contributed by atoms with Gasteiger partial charge in [-0.2, -0.15) is 11.8 Å². The molecule has 0 saturated carbocycles. The summed E-state index contributed by atoms with van der Waals surface area (Å²) in [6, 6.07) is 15.6. The first kappa shape index (κ1) is 19.2. The molecule has 6 heteroatoms. The summed E-state index contributed by atoms with van der Waals surface area (Å²) in [7, 11) is 0. The highest BCUT2D eigenvalue weighted by atomic mass is 32.2. The number of para-hydroxylation sites is 1. The first-order valence-corrected chi connectivity index (χ1v) is 10.1. The summed E-state index contributed by atoms with van der Waals surface area (Å²) in [5.74, 6) is 0.575. The van der Waals surface area contributed by atoms with Gasteiger partial charge in [-0.15, -0.1) is 0 Å². The molecule has 1 atom stereocenters. The summed E-state index contributed by atoms with van der Waals surface area (Å²) in [5.41, 5.74) is 1.54. The van der Waals surface area contributed by atoms with E-state index in [0.29, 0.717) is 28.7 Å². The second kappa shape index (κ2) is 8.88. The van der Waals surface area contributed by atoms with Crippen LogP contribution in [0.4, 0.5) is 0 Å². The molecule has 0 aliphatic rings. The minimum Gasteiger partial charge on any atom is -0.422 e. The normalized spacial score (nSPS) is 12.1. The molecule has 0 bridgehead atoms. The lowest BCUT2D eigenvalue weighted by atomic mass is 10.0. The Morgan fingerprint density at radius 1 is 1.19 bits per heavy atom. The molecule has 1 amide bonds. The van der Waals surface area contributed by atoms with Crippen LogP contribution in [-0.2, 0) is 0 Å². The summed E-state index contributed by atoms with van der Waals surface area (Å²) in [4.78, 5) is 24.9. The average molecular weight is 383 g/mol. The number of carbonyl (C=O) groups is 1. The molecule has 1 aromatic heterocycles. The number of aliphatic hydroxyl groups is 1. The molecule has 0 fully saturated rings. The van der Waals surface area contributed by atoms with E-state index in [1.165, 1.54) is 0 Å². The van der Waals surface area contributed by atoms with Crippen LogP contribution in [0.2, 0.25) is 0 Å². The van der Waals surface area contributed by atoms with Crippen molar-refractivity contribution in [2.45, 2.75) is 12.5 Å². The van der Waals surface area contributed by atoms with Crippen LogP contribution in [0, 0.1) is 0 Å². The van der Waals surface area contributed by atoms with Crippen LogP contribution in [-0.4, -0.2) is 35.7 Å². The zero-order chi connectivity index (χ0) is 19.2. The molecule has 3 rings (SSSR count). The summed E-state index contributed by atoms with van der Waals surface area (Å²) < 4.78 is 5.38. The van der Waals surface area contributed by atoms with Crippen molar-refractivity contribution in [3.63, 3.8) is 0 Å². The van der Waals surface area contributed by atoms with Gasteiger partial charge in [0.25, 0.3) is 5.91 Å². The number of aliphatic hydroxyl groups excluding tert-OH is 1. The molecule has 0 aliphatic carbocycles. The standard InChI is InChI=1S/C21H21NO4S/c1-27-10-9-17(13-23)22-20(24)16-7-4-6-14(11-16)18-12-15-5-2-3-8-19(15)26-21(18)25/h2-8,11-12,17,23H,9-10,13H2,1H3,(H,22,24). The molecule has 140 valence electrons. The van der Waals surface area contributed by atoms with Crippen LogP contribution in [0.3, 0.4) is 0 Å². The quantitative estimate of drug-likeness (QED) is 0.612. The van der Waals surface area contributed by atoms with E-state index in [-0.39, 0.29) is 18.6 Å². The number of thioether (sulfide) groups is 1. The number of hydrogen-bond acceptors (Lipinski definition) is 5. The molecule has 0 aliphatic heterocycles. The van der Waals surface area contributed by atoms with Crippen molar-refractivity contribution in [1.82, 2.24) is 5.32 Å². The van der Waals surface area contributed by atoms with Gasteiger partial charge >= 0.3 is 5.63 Å². The van der Waals surface area contributed by atoms with Crippen molar-refractivity contribution in [2.24, 2.45) is 0 Å². The number of nitrogens with one attached hydrogen (secondary N) is 1. The predicted octanol–water partition coefficient (Wildman–Crippen LogP) is 3.30. The summed E-state index contributed by atoms with van der Waals surface area (Å²) in [6.07, 6.45) is 2.67. The monoisotopic (exact) mass is 383 g/mol. The SMILES string of the molecule is CSCCC(CO)NC(=O)c1cccc(-c2cc3ccccc3oc2=O)c1. The highest BCUT2D eigenvalue weighted by Crippen LogP contribution is 2.22. The Labute approximate surface area is 161 Å². The number of benzene rings is 2. The van der Waals surface area contributed by atoms with E-state index >= 15 is 0 Å². The first-order valence-electron chi connectivity index (χ1n) is 8.66. The van der Waals surface area contributed by atoms with Gasteiger partial charge in [-0.1, -0.05) is 30.3 Å². The number of carbonyl (C=O) groups excluding carboxylic acids is 1. The van der Waals surface area contributed by atoms with Crippen molar-refractivity contribution >= 4 is 28.6 Å². The van der Waals surface area contributed by atoms with E-state index in [2.05, 4.69) is 5.32 Å². The molecule has 27 heavy (non-hydrogen) atoms. The maximum absolute atomic E-state index is 12.5. The molecule has 0 radical (unpaired) electrons. The summed E-state index contributed by atoms with van der Waals surface area (Å²) in [5, 5.41) is 13.1. The lowest BCUT2D eigenvalue weighted by molar-refractivity contribution is 0.0915. The molecule has 1 unspecified atom stereocenters. The van der Waals surface area contributed by atoms with E-state index < -0.39 is 5.63 Å². The van der Waals surface area contributed by atoms with Crippen LogP contribution in [0.25, 0.3) is 22.1 Å². The van der Waals surface area contributed by atoms with Gasteiger partial charge in [-0.05, 0) is 48.3 Å². The van der Waals surface area contributed by atoms with Crippen LogP contribution >= 0.6 is 11.8 Å². The fraction of sp³-hybridized carbons (Fsp3) is 0.238. The Morgan fingerprint density at radius 2 is 2.00 bits per heavy atom. The number of rotatable bonds is 7. The Kier molecular flexibility index (Phi) is 6.32. The van der Waals surface area contributed by atoms with E-state index in [4.69, 9.17) is 4.42 Å². The average Bonchev–Trinajstić information content (AvgIpc) is 2.70. The minimum atomic E-state index is -0.445. The van der Waals surface area contributed by atoms with E-state index in [9.17, 15) is 14.7 Å². The Bertz CT molecular complexity index is 999. The van der Waals surface area contributed by atoms with Crippen LogP contribution in [0.15, 0.2) is 63.8 Å². The lowest BCUT2D eigenvalue weighted by Crippen LogP contribution is -2.37. The maximum Gasteiger partial charge on any atom is 0.344 e. The third-order valence-corrected chi connectivity index (χ3v) is 4.95. The molecule has 2 N–H and O–H groups in total. The van der Waals surface area contributed by atoms with Gasteiger partial charge in [0.2, 0.25) is 0 Å². The summed E-state index contributed by atoms with van der Waals surface area (Å²) in [6.45, 7) is -0.111. The third kappa shape index (κ3) is 4.59. The van der Waals surface area contributed by atoms with Crippen LogP contribution in [0.5, 0.6) is 0 Å². The summed E-state index contributed by atoms with van der Waals surface area (Å²) >= 11 is 1.66. The second-order valence-corrected chi connectivity index (χ2v) is 7.19. The number of amides is 1. The number of hydrogen-bond donors (Lipinski definition) is 2. The molecule has 0 saturated heterocycles. The van der Waals surface area contributed by atoms with E-state index in [0.717, 1.165) is 11.1 Å². The molecule has 3 aromatic rings. The minimum absolute atomic E-state index is 0.111. The first-order chi connectivity index (χ1) is 13.1. The van der Waals surface area contributed by atoms with Gasteiger partial charge in [0.05, 0.1) is 18.2 Å². The van der Waals surface area contributed by atoms with Crippen molar-refractivity contribution < 1.29 is 14.3 Å². The highest BCUT2D eigenvalue weighted by Gasteiger charge is 2.14. The molecule has 2 aromatic carbocycles. The zero-order valence-electron chi connectivity index (χ0n) is 15.0. The zero-order valence-corrected chi connectivity index (χ0v) is 15.8. The number of fused-ring (bicyclic) bond motifs is 1. The van der Waals surface area contributed by atoms with Crippen LogP contribution in [0.1, 0.15) is 16.8 Å². The van der Waals surface area contributed by atoms with Crippen molar-refractivity contribution in [2.75, 3.05) is 18.6 Å². The third-order valence-electron chi connectivity index (χ3n) is 4.30. The van der Waals surface area contributed by atoms with Gasteiger partial charge in [0, 0.05) is 10.9 Å². The Balaban J connectivity index is 1.88. The van der Waals surface area contributed by atoms with Gasteiger partial charge in [0.1, 0.15) is 5.58 Å². The maximum atomic E-state index is 12.5. The fourth-order valence-electron chi connectivity index (χ4n) is 2.83. The topological polar surface area (TPSA) is 79.5 Å². The van der Waals surface area contributed by atoms with Gasteiger partial charge < -0.3 is 14.8 Å². The van der Waals surface area contributed by atoms with Gasteiger partial charge in [0.15, 0.2) is 0 Å². The smallest absolute Gasteiger partial charge is 0.344 e. The van der Waals surface area contributed by atoms with E-state index in [1.807, 2.05) is 24.5 Å². The fourth-order valence-corrected chi connectivity index (χ4v) is 3.35. The van der Waals surface area contributed by atoms with Gasteiger partial charge in [-0.25, -0.2) is 4.79 Å². The highest BCUT2D eigenvalue weighted by molar-refractivity contribution is 7.98. The van der Waals surface area contributed by atoms with Crippen molar-refractivity contribution in [1.29, 1.82) is 0 Å². The largest absolute Gasteiger partial charge is 0.422 e. The van der Waals surface area contributed by atoms with Gasteiger partial charge in [-0.3, -0.25) is 4.79 Å². The van der Waals surface area contributed by atoms with Crippen LogP contribution < -0.4 is 10.9 Å². The molecule has 5 nitrogen and oxygen atoms in total. The molecular formula is C21H21NO4S. The Morgan fingerprint density at radius 3 is 2.78 bits per heavy atom. The van der Waals surface area contributed by atoms with E-state index in [1.54, 1.807) is 48.2 Å².